The Morgan fingerprint density at radius 2 is 2.11 bits per heavy atom. The molecule has 0 aliphatic carbocycles. The predicted octanol–water partition coefficient (Wildman–Crippen LogP) is 2.78. The first-order chi connectivity index (χ1) is 9.02. The number of carbonyl (C=O) groups is 1. The molecular weight excluding hydrogens is 242 g/mol. The molecule has 19 heavy (non-hydrogen) atoms. The molecule has 0 bridgehead atoms. The summed E-state index contributed by atoms with van der Waals surface area (Å²) in [6.45, 7) is 6.40. The van der Waals surface area contributed by atoms with Gasteiger partial charge < -0.3 is 14.7 Å². The van der Waals surface area contributed by atoms with Crippen molar-refractivity contribution in [2.75, 3.05) is 24.6 Å². The fourth-order valence-corrected chi connectivity index (χ4v) is 2.67. The minimum atomic E-state index is -0.712. The van der Waals surface area contributed by atoms with Gasteiger partial charge in [-0.15, -0.1) is 0 Å². The Morgan fingerprint density at radius 3 is 2.68 bits per heavy atom. The van der Waals surface area contributed by atoms with Crippen molar-refractivity contribution >= 4 is 11.7 Å². The summed E-state index contributed by atoms with van der Waals surface area (Å²) in [6, 6.07) is 8.01. The lowest BCUT2D eigenvalue weighted by Crippen LogP contribution is -2.26. The van der Waals surface area contributed by atoms with Gasteiger partial charge in [0.05, 0.1) is 13.0 Å². The van der Waals surface area contributed by atoms with Crippen LogP contribution in [0, 0.1) is 5.41 Å². The molecule has 104 valence electrons. The lowest BCUT2D eigenvalue weighted by molar-refractivity contribution is -0.139. The number of nitrogens with zero attached hydrogens (tertiary/aromatic N) is 1. The molecule has 1 aliphatic heterocycles. The van der Waals surface area contributed by atoms with Crippen molar-refractivity contribution in [1.29, 1.82) is 0 Å². The summed E-state index contributed by atoms with van der Waals surface area (Å²) in [5.41, 5.74) is 1.02. The van der Waals surface area contributed by atoms with Gasteiger partial charge in [0.1, 0.15) is 5.75 Å². The Bertz CT molecular complexity index is 443. The van der Waals surface area contributed by atoms with Crippen LogP contribution in [0.4, 0.5) is 5.69 Å². The fourth-order valence-electron chi connectivity index (χ4n) is 2.67. The average molecular weight is 263 g/mol. The highest BCUT2D eigenvalue weighted by Gasteiger charge is 2.35. The summed E-state index contributed by atoms with van der Waals surface area (Å²) >= 11 is 0. The van der Waals surface area contributed by atoms with Gasteiger partial charge >= 0.3 is 5.97 Å². The van der Waals surface area contributed by atoms with Gasteiger partial charge in [-0.3, -0.25) is 4.79 Å². The van der Waals surface area contributed by atoms with Crippen LogP contribution in [0.3, 0.4) is 0 Å². The molecule has 4 nitrogen and oxygen atoms in total. The quantitative estimate of drug-likeness (QED) is 0.887. The molecule has 1 atom stereocenters. The molecule has 1 aromatic rings. The van der Waals surface area contributed by atoms with Crippen molar-refractivity contribution in [3.63, 3.8) is 0 Å². The monoisotopic (exact) mass is 263 g/mol. The van der Waals surface area contributed by atoms with Crippen molar-refractivity contribution in [2.24, 2.45) is 5.41 Å². The second-order valence-corrected chi connectivity index (χ2v) is 5.48. The number of carboxylic acids is 1. The van der Waals surface area contributed by atoms with Crippen molar-refractivity contribution < 1.29 is 14.6 Å². The molecule has 2 rings (SSSR count). The van der Waals surface area contributed by atoms with E-state index in [4.69, 9.17) is 9.84 Å². The number of aliphatic carboxylic acids is 1. The fraction of sp³-hybridized carbons (Fsp3) is 0.533. The normalized spacial score (nSPS) is 22.5. The summed E-state index contributed by atoms with van der Waals surface area (Å²) in [4.78, 5) is 13.1. The standard InChI is InChI=1S/C15H21NO3/c1-3-19-13-6-4-12(5-7-13)16-9-8-15(2,11-16)10-14(17)18/h4-7H,3,8-11H2,1-2H3,(H,17,18). The van der Waals surface area contributed by atoms with Gasteiger partial charge in [-0.1, -0.05) is 6.92 Å². The number of rotatable bonds is 5. The number of carboxylic acid groups (broad SMARTS) is 1. The van der Waals surface area contributed by atoms with Crippen LogP contribution in [0.25, 0.3) is 0 Å². The van der Waals surface area contributed by atoms with Crippen LogP contribution in [0.1, 0.15) is 26.7 Å². The Labute approximate surface area is 114 Å². The van der Waals surface area contributed by atoms with Crippen molar-refractivity contribution in [3.05, 3.63) is 24.3 Å². The summed E-state index contributed by atoms with van der Waals surface area (Å²) in [5.74, 6) is 0.162. The van der Waals surface area contributed by atoms with E-state index < -0.39 is 5.97 Å². The maximum atomic E-state index is 10.9. The smallest absolute Gasteiger partial charge is 0.303 e. The molecule has 0 saturated carbocycles. The molecule has 1 aliphatic rings. The first kappa shape index (κ1) is 13.7. The van der Waals surface area contributed by atoms with E-state index in [1.165, 1.54) is 0 Å². The molecule has 1 aromatic carbocycles. The van der Waals surface area contributed by atoms with Gasteiger partial charge in [0.25, 0.3) is 0 Å². The lowest BCUT2D eigenvalue weighted by atomic mass is 9.86. The third kappa shape index (κ3) is 3.40. The van der Waals surface area contributed by atoms with Gasteiger partial charge in [0, 0.05) is 18.8 Å². The molecule has 1 unspecified atom stereocenters. The van der Waals surface area contributed by atoms with Crippen LogP contribution in [0.2, 0.25) is 0 Å². The van der Waals surface area contributed by atoms with Crippen LogP contribution < -0.4 is 9.64 Å². The SMILES string of the molecule is CCOc1ccc(N2CCC(C)(CC(=O)O)C2)cc1. The van der Waals surface area contributed by atoms with E-state index in [1.807, 2.05) is 31.2 Å². The minimum Gasteiger partial charge on any atom is -0.494 e. The third-order valence-corrected chi connectivity index (χ3v) is 3.65. The Kier molecular flexibility index (Phi) is 3.98. The molecule has 0 aromatic heterocycles. The zero-order chi connectivity index (χ0) is 13.9. The van der Waals surface area contributed by atoms with Crippen LogP contribution in [-0.4, -0.2) is 30.8 Å². The summed E-state index contributed by atoms with van der Waals surface area (Å²) in [7, 11) is 0. The highest BCUT2D eigenvalue weighted by Crippen LogP contribution is 2.36. The van der Waals surface area contributed by atoms with Gasteiger partial charge in [0.2, 0.25) is 0 Å². The van der Waals surface area contributed by atoms with Gasteiger partial charge in [-0.25, -0.2) is 0 Å². The van der Waals surface area contributed by atoms with Crippen molar-refractivity contribution in [3.8, 4) is 5.75 Å². The molecule has 1 saturated heterocycles. The number of ether oxygens (including phenoxy) is 1. The van der Waals surface area contributed by atoms with Crippen molar-refractivity contribution in [1.82, 2.24) is 0 Å². The van der Waals surface area contributed by atoms with E-state index in [1.54, 1.807) is 0 Å². The van der Waals surface area contributed by atoms with Crippen LogP contribution >= 0.6 is 0 Å². The summed E-state index contributed by atoms with van der Waals surface area (Å²) < 4.78 is 5.42. The Hall–Kier alpha value is -1.71. The molecule has 0 spiro atoms. The third-order valence-electron chi connectivity index (χ3n) is 3.65. The van der Waals surface area contributed by atoms with Gasteiger partial charge in [-0.05, 0) is 43.0 Å². The van der Waals surface area contributed by atoms with Crippen molar-refractivity contribution in [2.45, 2.75) is 26.7 Å². The van der Waals surface area contributed by atoms with E-state index in [9.17, 15) is 4.79 Å². The number of benzene rings is 1. The molecule has 0 radical (unpaired) electrons. The molecule has 4 heteroatoms. The molecule has 1 fully saturated rings. The van der Waals surface area contributed by atoms with E-state index in [0.29, 0.717) is 6.61 Å². The number of hydrogen-bond acceptors (Lipinski definition) is 3. The maximum Gasteiger partial charge on any atom is 0.303 e. The zero-order valence-corrected chi connectivity index (χ0v) is 11.6. The average Bonchev–Trinajstić information content (AvgIpc) is 2.72. The summed E-state index contributed by atoms with van der Waals surface area (Å²) in [5, 5.41) is 8.96. The Balaban J connectivity index is 2.02. The van der Waals surface area contributed by atoms with Crippen LogP contribution in [0.15, 0.2) is 24.3 Å². The van der Waals surface area contributed by atoms with E-state index >= 15 is 0 Å². The molecular formula is C15H21NO3. The van der Waals surface area contributed by atoms with E-state index in [2.05, 4.69) is 11.8 Å². The number of anilines is 1. The van der Waals surface area contributed by atoms with Crippen LogP contribution in [0.5, 0.6) is 5.75 Å². The molecule has 1 heterocycles. The van der Waals surface area contributed by atoms with E-state index in [-0.39, 0.29) is 11.8 Å². The highest BCUT2D eigenvalue weighted by molar-refractivity contribution is 5.68. The lowest BCUT2D eigenvalue weighted by Gasteiger charge is -2.24. The largest absolute Gasteiger partial charge is 0.494 e. The van der Waals surface area contributed by atoms with Gasteiger partial charge in [0.15, 0.2) is 0 Å². The molecule has 0 amide bonds. The van der Waals surface area contributed by atoms with Crippen LogP contribution in [-0.2, 0) is 4.79 Å². The van der Waals surface area contributed by atoms with E-state index in [0.717, 1.165) is 30.9 Å². The first-order valence-electron chi connectivity index (χ1n) is 6.72. The first-order valence-corrected chi connectivity index (χ1v) is 6.72. The summed E-state index contributed by atoms with van der Waals surface area (Å²) in [6.07, 6.45) is 1.16. The number of hydrogen-bond donors (Lipinski definition) is 1. The second kappa shape index (κ2) is 5.51. The Morgan fingerprint density at radius 1 is 1.42 bits per heavy atom. The molecule has 1 N–H and O–H groups in total. The highest BCUT2D eigenvalue weighted by atomic mass is 16.5. The van der Waals surface area contributed by atoms with Gasteiger partial charge in [-0.2, -0.15) is 0 Å². The second-order valence-electron chi connectivity index (χ2n) is 5.48. The zero-order valence-electron chi connectivity index (χ0n) is 11.6. The predicted molar refractivity (Wildman–Crippen MR) is 74.8 cm³/mol. The maximum absolute atomic E-state index is 10.9. The topological polar surface area (TPSA) is 49.8 Å². The minimum absolute atomic E-state index is 0.121.